The Morgan fingerprint density at radius 1 is 1.31 bits per heavy atom. The Balaban J connectivity index is 2.22. The third-order valence-corrected chi connectivity index (χ3v) is 1.99. The van der Waals surface area contributed by atoms with Crippen LogP contribution in [0.3, 0.4) is 0 Å². The minimum absolute atomic E-state index is 0.346. The lowest BCUT2D eigenvalue weighted by Gasteiger charge is -2.05. The highest BCUT2D eigenvalue weighted by atomic mass is 16.5. The van der Waals surface area contributed by atoms with Gasteiger partial charge in [0.2, 0.25) is 0 Å². The average Bonchev–Trinajstić information content (AvgIpc) is 2.29. The standard InChI is InChI=1S/C11H11N3O2/c1-2-16-11(15)14-8-3-4-9-10(7-8)13-6-5-12-9/h3-7H,2H2,1H3,(H,14,15). The predicted octanol–water partition coefficient (Wildman–Crippen LogP) is 2.20. The van der Waals surface area contributed by atoms with Gasteiger partial charge in [0, 0.05) is 18.1 Å². The number of carbonyl (C=O) groups is 1. The summed E-state index contributed by atoms with van der Waals surface area (Å²) in [5, 5.41) is 2.61. The number of aromatic nitrogens is 2. The van der Waals surface area contributed by atoms with Crippen molar-refractivity contribution < 1.29 is 9.53 Å². The van der Waals surface area contributed by atoms with Crippen LogP contribution in [-0.4, -0.2) is 22.7 Å². The topological polar surface area (TPSA) is 64.1 Å². The van der Waals surface area contributed by atoms with E-state index >= 15 is 0 Å². The number of ether oxygens (including phenoxy) is 1. The molecule has 5 nitrogen and oxygen atoms in total. The second kappa shape index (κ2) is 4.57. The molecule has 0 saturated carbocycles. The third kappa shape index (κ3) is 2.25. The van der Waals surface area contributed by atoms with E-state index in [1.54, 1.807) is 37.5 Å². The molecule has 0 fully saturated rings. The van der Waals surface area contributed by atoms with Crippen LogP contribution < -0.4 is 5.32 Å². The van der Waals surface area contributed by atoms with Crippen LogP contribution in [0.25, 0.3) is 11.0 Å². The Kier molecular flexibility index (Phi) is 2.95. The maximum absolute atomic E-state index is 11.2. The van der Waals surface area contributed by atoms with Gasteiger partial charge < -0.3 is 4.74 Å². The van der Waals surface area contributed by atoms with Crippen molar-refractivity contribution in [1.29, 1.82) is 0 Å². The minimum atomic E-state index is -0.467. The van der Waals surface area contributed by atoms with E-state index in [2.05, 4.69) is 15.3 Å². The van der Waals surface area contributed by atoms with Crippen molar-refractivity contribution in [1.82, 2.24) is 9.97 Å². The molecular formula is C11H11N3O2. The molecule has 0 saturated heterocycles. The van der Waals surface area contributed by atoms with Crippen molar-refractivity contribution in [2.45, 2.75) is 6.92 Å². The number of carbonyl (C=O) groups excluding carboxylic acids is 1. The van der Waals surface area contributed by atoms with E-state index in [0.29, 0.717) is 12.3 Å². The van der Waals surface area contributed by atoms with Gasteiger partial charge in [-0.25, -0.2) is 4.79 Å². The summed E-state index contributed by atoms with van der Waals surface area (Å²) in [5.74, 6) is 0. The quantitative estimate of drug-likeness (QED) is 0.837. The number of nitrogens with one attached hydrogen (secondary N) is 1. The zero-order chi connectivity index (χ0) is 11.4. The van der Waals surface area contributed by atoms with E-state index in [0.717, 1.165) is 11.0 Å². The maximum atomic E-state index is 11.2. The van der Waals surface area contributed by atoms with Gasteiger partial charge in [-0.2, -0.15) is 0 Å². The number of fused-ring (bicyclic) bond motifs is 1. The molecular weight excluding hydrogens is 206 g/mol. The minimum Gasteiger partial charge on any atom is -0.450 e. The molecule has 82 valence electrons. The molecule has 0 bridgehead atoms. The van der Waals surface area contributed by atoms with E-state index in [9.17, 15) is 4.79 Å². The van der Waals surface area contributed by atoms with E-state index in [4.69, 9.17) is 4.74 Å². The SMILES string of the molecule is CCOC(=O)Nc1ccc2nccnc2c1. The molecule has 0 spiro atoms. The second-order valence-corrected chi connectivity index (χ2v) is 3.11. The fourth-order valence-electron chi connectivity index (χ4n) is 1.33. The largest absolute Gasteiger partial charge is 0.450 e. The second-order valence-electron chi connectivity index (χ2n) is 3.11. The molecule has 1 aromatic carbocycles. The number of benzene rings is 1. The first kappa shape index (κ1) is 10.4. The van der Waals surface area contributed by atoms with Crippen molar-refractivity contribution in [2.75, 3.05) is 11.9 Å². The summed E-state index contributed by atoms with van der Waals surface area (Å²) in [5.41, 5.74) is 2.17. The van der Waals surface area contributed by atoms with Crippen LogP contribution in [0.1, 0.15) is 6.92 Å². The molecule has 16 heavy (non-hydrogen) atoms. The molecule has 0 unspecified atom stereocenters. The lowest BCUT2D eigenvalue weighted by atomic mass is 10.2. The van der Waals surface area contributed by atoms with Crippen LogP contribution in [0.2, 0.25) is 0 Å². The molecule has 1 amide bonds. The number of amides is 1. The van der Waals surface area contributed by atoms with Crippen molar-refractivity contribution in [3.63, 3.8) is 0 Å². The summed E-state index contributed by atoms with van der Waals surface area (Å²) in [4.78, 5) is 19.5. The van der Waals surface area contributed by atoms with Crippen molar-refractivity contribution >= 4 is 22.8 Å². The van der Waals surface area contributed by atoms with Gasteiger partial charge >= 0.3 is 6.09 Å². The Bertz CT molecular complexity index is 513. The Labute approximate surface area is 92.5 Å². The lowest BCUT2D eigenvalue weighted by Crippen LogP contribution is -2.13. The van der Waals surface area contributed by atoms with Gasteiger partial charge in [0.25, 0.3) is 0 Å². The molecule has 1 heterocycles. The van der Waals surface area contributed by atoms with Crippen LogP contribution in [0.4, 0.5) is 10.5 Å². The van der Waals surface area contributed by atoms with Crippen LogP contribution in [0.5, 0.6) is 0 Å². The molecule has 0 aliphatic rings. The number of rotatable bonds is 2. The summed E-state index contributed by atoms with van der Waals surface area (Å²) in [6.07, 6.45) is 2.77. The summed E-state index contributed by atoms with van der Waals surface area (Å²) in [7, 11) is 0. The first-order valence-corrected chi connectivity index (χ1v) is 4.94. The van der Waals surface area contributed by atoms with E-state index in [1.165, 1.54) is 0 Å². The lowest BCUT2D eigenvalue weighted by molar-refractivity contribution is 0.168. The van der Waals surface area contributed by atoms with Crippen LogP contribution in [-0.2, 0) is 4.74 Å². The summed E-state index contributed by atoms with van der Waals surface area (Å²) in [6.45, 7) is 2.10. The number of hydrogen-bond acceptors (Lipinski definition) is 4. The van der Waals surface area contributed by atoms with Gasteiger partial charge in [-0.1, -0.05) is 0 Å². The van der Waals surface area contributed by atoms with Gasteiger partial charge in [-0.15, -0.1) is 0 Å². The number of hydrogen-bond donors (Lipinski definition) is 1. The monoisotopic (exact) mass is 217 g/mol. The van der Waals surface area contributed by atoms with Crippen LogP contribution >= 0.6 is 0 Å². The summed E-state index contributed by atoms with van der Waals surface area (Å²) < 4.78 is 4.77. The smallest absolute Gasteiger partial charge is 0.411 e. The summed E-state index contributed by atoms with van der Waals surface area (Å²) >= 11 is 0. The van der Waals surface area contributed by atoms with Gasteiger partial charge in [0.15, 0.2) is 0 Å². The van der Waals surface area contributed by atoms with Crippen molar-refractivity contribution in [2.24, 2.45) is 0 Å². The zero-order valence-corrected chi connectivity index (χ0v) is 8.80. The molecule has 0 radical (unpaired) electrons. The Morgan fingerprint density at radius 3 is 2.81 bits per heavy atom. The van der Waals surface area contributed by atoms with E-state index in [-0.39, 0.29) is 0 Å². The molecule has 1 aromatic heterocycles. The van der Waals surface area contributed by atoms with Crippen molar-refractivity contribution in [3.05, 3.63) is 30.6 Å². The zero-order valence-electron chi connectivity index (χ0n) is 8.80. The molecule has 2 rings (SSSR count). The molecule has 0 atom stereocenters. The third-order valence-electron chi connectivity index (χ3n) is 1.99. The molecule has 1 N–H and O–H groups in total. The highest BCUT2D eigenvalue weighted by molar-refractivity contribution is 5.88. The fraction of sp³-hybridized carbons (Fsp3) is 0.182. The van der Waals surface area contributed by atoms with E-state index < -0.39 is 6.09 Å². The number of nitrogens with zero attached hydrogens (tertiary/aromatic N) is 2. The van der Waals surface area contributed by atoms with E-state index in [1.807, 2.05) is 0 Å². The highest BCUT2D eigenvalue weighted by Crippen LogP contribution is 2.14. The Hall–Kier alpha value is -2.17. The first-order valence-electron chi connectivity index (χ1n) is 4.94. The average molecular weight is 217 g/mol. The fourth-order valence-corrected chi connectivity index (χ4v) is 1.33. The summed E-state index contributed by atoms with van der Waals surface area (Å²) in [6, 6.07) is 5.30. The number of anilines is 1. The van der Waals surface area contributed by atoms with Crippen molar-refractivity contribution in [3.8, 4) is 0 Å². The van der Waals surface area contributed by atoms with Gasteiger partial charge in [0.1, 0.15) is 0 Å². The van der Waals surface area contributed by atoms with Gasteiger partial charge in [-0.05, 0) is 25.1 Å². The van der Waals surface area contributed by atoms with Gasteiger partial charge in [-0.3, -0.25) is 15.3 Å². The van der Waals surface area contributed by atoms with Gasteiger partial charge in [0.05, 0.1) is 17.6 Å². The maximum Gasteiger partial charge on any atom is 0.411 e. The highest BCUT2D eigenvalue weighted by Gasteiger charge is 2.03. The van der Waals surface area contributed by atoms with Crippen LogP contribution in [0, 0.1) is 0 Å². The normalized spacial score (nSPS) is 10.1. The predicted molar refractivity (Wildman–Crippen MR) is 60.2 cm³/mol. The molecule has 0 aliphatic heterocycles. The Morgan fingerprint density at radius 2 is 2.06 bits per heavy atom. The first-order chi connectivity index (χ1) is 7.79. The molecule has 5 heteroatoms. The van der Waals surface area contributed by atoms with Crippen LogP contribution in [0.15, 0.2) is 30.6 Å². The molecule has 0 aliphatic carbocycles. The molecule has 2 aromatic rings.